The van der Waals surface area contributed by atoms with Gasteiger partial charge < -0.3 is 15.8 Å². The highest BCUT2D eigenvalue weighted by Gasteiger charge is 2.12. The first-order valence-corrected chi connectivity index (χ1v) is 6.45. The van der Waals surface area contributed by atoms with Crippen molar-refractivity contribution < 1.29 is 9.53 Å². The maximum Gasteiger partial charge on any atom is 0.237 e. The number of anilines is 2. The Hall–Kier alpha value is -1.20. The summed E-state index contributed by atoms with van der Waals surface area (Å²) in [7, 11) is 1.65. The van der Waals surface area contributed by atoms with Gasteiger partial charge in [0.2, 0.25) is 5.91 Å². The Bertz CT molecular complexity index is 354. The monoisotopic (exact) mass is 254 g/mol. The van der Waals surface area contributed by atoms with Crippen molar-refractivity contribution in [2.45, 2.75) is 12.2 Å². The molecule has 1 rings (SSSR count). The molecule has 0 saturated carbocycles. The number of nitrogens with two attached hydrogens (primary N) is 1. The average molecular weight is 254 g/mol. The van der Waals surface area contributed by atoms with Gasteiger partial charge in [-0.15, -0.1) is 11.8 Å². The second-order valence-corrected chi connectivity index (χ2v) is 5.07. The largest absolute Gasteiger partial charge is 0.399 e. The average Bonchev–Trinajstić information content (AvgIpc) is 2.32. The zero-order valence-corrected chi connectivity index (χ0v) is 10.9. The number of methoxy groups -OCH3 is 1. The van der Waals surface area contributed by atoms with Crippen molar-refractivity contribution in [3.63, 3.8) is 0 Å². The number of hydrogen-bond donors (Lipinski definition) is 2. The van der Waals surface area contributed by atoms with Crippen LogP contribution in [0.2, 0.25) is 0 Å². The summed E-state index contributed by atoms with van der Waals surface area (Å²) in [6.45, 7) is 2.54. The van der Waals surface area contributed by atoms with Gasteiger partial charge in [0.1, 0.15) is 0 Å². The third kappa shape index (κ3) is 5.10. The lowest BCUT2D eigenvalue weighted by Crippen LogP contribution is -2.23. The quantitative estimate of drug-likeness (QED) is 0.602. The van der Waals surface area contributed by atoms with Crippen LogP contribution in [0.5, 0.6) is 0 Å². The van der Waals surface area contributed by atoms with Crippen LogP contribution in [-0.4, -0.2) is 30.6 Å². The molecule has 0 radical (unpaired) electrons. The molecule has 94 valence electrons. The molecule has 1 aromatic rings. The van der Waals surface area contributed by atoms with E-state index in [9.17, 15) is 4.79 Å². The molecule has 0 heterocycles. The molecule has 17 heavy (non-hydrogen) atoms. The molecule has 0 aliphatic rings. The van der Waals surface area contributed by atoms with E-state index in [0.29, 0.717) is 12.3 Å². The van der Waals surface area contributed by atoms with Crippen molar-refractivity contribution in [3.05, 3.63) is 24.3 Å². The Morgan fingerprint density at radius 3 is 2.71 bits per heavy atom. The summed E-state index contributed by atoms with van der Waals surface area (Å²) in [5.41, 5.74) is 7.02. The van der Waals surface area contributed by atoms with Crippen LogP contribution in [0.4, 0.5) is 11.4 Å². The van der Waals surface area contributed by atoms with Gasteiger partial charge in [0.15, 0.2) is 0 Å². The molecule has 0 bridgehead atoms. The van der Waals surface area contributed by atoms with Gasteiger partial charge in [-0.2, -0.15) is 0 Å². The van der Waals surface area contributed by atoms with Crippen LogP contribution >= 0.6 is 11.8 Å². The number of carbonyl (C=O) groups excluding carboxylic acids is 1. The molecule has 1 aromatic carbocycles. The number of thioether (sulfide) groups is 1. The van der Waals surface area contributed by atoms with Crippen molar-refractivity contribution in [3.8, 4) is 0 Å². The van der Waals surface area contributed by atoms with E-state index in [-0.39, 0.29) is 11.2 Å². The maximum atomic E-state index is 11.8. The Kier molecular flexibility index (Phi) is 5.86. The number of carbonyl (C=O) groups is 1. The summed E-state index contributed by atoms with van der Waals surface area (Å²) >= 11 is 1.57. The first-order chi connectivity index (χ1) is 8.13. The standard InChI is InChI=1S/C12H18N2O2S/c1-9(17-8-7-16-2)12(15)14-11-5-3-10(13)4-6-11/h3-6,9H,7-8,13H2,1-2H3,(H,14,15). The fraction of sp³-hybridized carbons (Fsp3) is 0.417. The van der Waals surface area contributed by atoms with E-state index in [0.717, 1.165) is 11.4 Å². The van der Waals surface area contributed by atoms with Gasteiger partial charge in [0, 0.05) is 24.2 Å². The lowest BCUT2D eigenvalue weighted by atomic mass is 10.3. The van der Waals surface area contributed by atoms with Crippen LogP contribution in [0.3, 0.4) is 0 Å². The molecule has 0 aliphatic heterocycles. The highest BCUT2D eigenvalue weighted by molar-refractivity contribution is 8.00. The van der Waals surface area contributed by atoms with Gasteiger partial charge in [-0.3, -0.25) is 4.79 Å². The number of hydrogen-bond acceptors (Lipinski definition) is 4. The summed E-state index contributed by atoms with van der Waals surface area (Å²) in [5.74, 6) is 0.809. The molecule has 0 saturated heterocycles. The number of nitrogens with one attached hydrogen (secondary N) is 1. The lowest BCUT2D eigenvalue weighted by Gasteiger charge is -2.11. The molecule has 0 aliphatic carbocycles. The van der Waals surface area contributed by atoms with E-state index in [2.05, 4.69) is 5.32 Å². The number of benzene rings is 1. The normalized spacial score (nSPS) is 12.1. The second kappa shape index (κ2) is 7.19. The Labute approximate surface area is 106 Å². The first kappa shape index (κ1) is 13.9. The van der Waals surface area contributed by atoms with Crippen molar-refractivity contribution >= 4 is 29.0 Å². The zero-order valence-electron chi connectivity index (χ0n) is 10.1. The highest BCUT2D eigenvalue weighted by Crippen LogP contribution is 2.15. The van der Waals surface area contributed by atoms with Crippen LogP contribution in [0.1, 0.15) is 6.92 Å². The molecule has 0 fully saturated rings. The minimum atomic E-state index is -0.0947. The number of ether oxygens (including phenoxy) is 1. The fourth-order valence-electron chi connectivity index (χ4n) is 1.19. The third-order valence-electron chi connectivity index (χ3n) is 2.20. The lowest BCUT2D eigenvalue weighted by molar-refractivity contribution is -0.115. The third-order valence-corrected chi connectivity index (χ3v) is 3.32. The van der Waals surface area contributed by atoms with E-state index < -0.39 is 0 Å². The zero-order chi connectivity index (χ0) is 12.7. The van der Waals surface area contributed by atoms with Gasteiger partial charge >= 0.3 is 0 Å². The SMILES string of the molecule is COCCSC(C)C(=O)Nc1ccc(N)cc1. The topological polar surface area (TPSA) is 64.3 Å². The van der Waals surface area contributed by atoms with Gasteiger partial charge in [-0.05, 0) is 31.2 Å². The van der Waals surface area contributed by atoms with E-state index in [1.165, 1.54) is 0 Å². The molecule has 1 atom stereocenters. The molecular formula is C12H18N2O2S. The number of amides is 1. The van der Waals surface area contributed by atoms with E-state index in [1.54, 1.807) is 43.1 Å². The number of nitrogen functional groups attached to an aromatic ring is 1. The Balaban J connectivity index is 2.40. The molecule has 3 N–H and O–H groups in total. The predicted octanol–water partition coefficient (Wildman–Crippen LogP) is 1.98. The smallest absolute Gasteiger partial charge is 0.237 e. The van der Waals surface area contributed by atoms with Crippen molar-refractivity contribution in [2.24, 2.45) is 0 Å². The Morgan fingerprint density at radius 2 is 2.12 bits per heavy atom. The van der Waals surface area contributed by atoms with Crippen LogP contribution in [0, 0.1) is 0 Å². The fourth-order valence-corrected chi connectivity index (χ4v) is 2.02. The van der Waals surface area contributed by atoms with Crippen LogP contribution < -0.4 is 11.1 Å². The highest BCUT2D eigenvalue weighted by atomic mass is 32.2. The van der Waals surface area contributed by atoms with Gasteiger partial charge in [-0.1, -0.05) is 0 Å². The molecule has 5 heteroatoms. The van der Waals surface area contributed by atoms with Crippen molar-refractivity contribution in [1.82, 2.24) is 0 Å². The summed E-state index contributed by atoms with van der Waals surface area (Å²) < 4.78 is 4.94. The molecule has 0 aromatic heterocycles. The molecule has 1 amide bonds. The van der Waals surface area contributed by atoms with Crippen molar-refractivity contribution in [1.29, 1.82) is 0 Å². The van der Waals surface area contributed by atoms with E-state index in [1.807, 2.05) is 6.92 Å². The van der Waals surface area contributed by atoms with E-state index >= 15 is 0 Å². The van der Waals surface area contributed by atoms with E-state index in [4.69, 9.17) is 10.5 Å². The summed E-state index contributed by atoms with van der Waals surface area (Å²) in [6.07, 6.45) is 0. The second-order valence-electron chi connectivity index (χ2n) is 3.62. The molecule has 4 nitrogen and oxygen atoms in total. The van der Waals surface area contributed by atoms with Crippen LogP contribution in [0.15, 0.2) is 24.3 Å². The van der Waals surface area contributed by atoms with Crippen molar-refractivity contribution in [2.75, 3.05) is 30.5 Å². The Morgan fingerprint density at radius 1 is 1.47 bits per heavy atom. The van der Waals surface area contributed by atoms with Gasteiger partial charge in [0.25, 0.3) is 0 Å². The van der Waals surface area contributed by atoms with Crippen LogP contribution in [0.25, 0.3) is 0 Å². The summed E-state index contributed by atoms with van der Waals surface area (Å²) in [5, 5.41) is 2.74. The van der Waals surface area contributed by atoms with Gasteiger partial charge in [-0.25, -0.2) is 0 Å². The minimum absolute atomic E-state index is 0.00382. The summed E-state index contributed by atoms with van der Waals surface area (Å²) in [4.78, 5) is 11.8. The predicted molar refractivity (Wildman–Crippen MR) is 73.3 cm³/mol. The minimum Gasteiger partial charge on any atom is -0.399 e. The first-order valence-electron chi connectivity index (χ1n) is 5.40. The maximum absolute atomic E-state index is 11.8. The summed E-state index contributed by atoms with van der Waals surface area (Å²) in [6, 6.07) is 7.11. The van der Waals surface area contributed by atoms with Gasteiger partial charge in [0.05, 0.1) is 11.9 Å². The van der Waals surface area contributed by atoms with Crippen LogP contribution in [-0.2, 0) is 9.53 Å². The molecule has 0 spiro atoms. The molecule has 1 unspecified atom stereocenters. The molecular weight excluding hydrogens is 236 g/mol. The number of rotatable bonds is 6.